The molecule has 0 aromatic rings. The van der Waals surface area contributed by atoms with Gasteiger partial charge in [0.25, 0.3) is 0 Å². The Balaban J connectivity index is 0. The van der Waals surface area contributed by atoms with Crippen molar-refractivity contribution in [3.05, 3.63) is 5.21 Å². The average molecular weight is 225 g/mol. The van der Waals surface area contributed by atoms with E-state index in [0.29, 0.717) is 0 Å². The minimum Gasteiger partial charge on any atom is -0.798 e. The molecule has 0 amide bonds. The largest absolute Gasteiger partial charge is 1.00 e. The van der Waals surface area contributed by atoms with E-state index in [1.54, 1.807) is 0 Å². The summed E-state index contributed by atoms with van der Waals surface area (Å²) in [6, 6.07) is 0. The van der Waals surface area contributed by atoms with Gasteiger partial charge in [-0.1, -0.05) is 53.5 Å². The molecule has 0 aromatic carbocycles. The van der Waals surface area contributed by atoms with Crippen LogP contribution in [0.1, 0.15) is 20.8 Å². The fourth-order valence-corrected chi connectivity index (χ4v) is 9.47. The third-order valence-electron chi connectivity index (χ3n) is 2.95. The molecule has 0 aliphatic heterocycles. The molecule has 0 radical (unpaired) electrons. The van der Waals surface area contributed by atoms with Crippen LogP contribution in [0.5, 0.6) is 0 Å². The SMILES string of the molecule is CC(C)(C)[Si](C)(C)N([O-])[Si](C)(C)C.[Li+]. The van der Waals surface area contributed by atoms with Crippen LogP contribution in [0.25, 0.3) is 0 Å². The first kappa shape index (κ1) is 17.3. The molecule has 0 aliphatic carbocycles. The van der Waals surface area contributed by atoms with E-state index in [9.17, 15) is 5.21 Å². The Hall–Kier alpha value is 0.951. The first-order valence-electron chi connectivity index (χ1n) is 4.88. The molecule has 0 aliphatic rings. The predicted octanol–water partition coefficient (Wildman–Crippen LogP) is 0.630. The standard InChI is InChI=1S/C9H24NOSi2.Li/c1-9(2,3)13(7,8)10(11)12(4,5)6;/h1-8H3;/q-1;+1. The third kappa shape index (κ3) is 3.84. The summed E-state index contributed by atoms with van der Waals surface area (Å²) in [7, 11) is -3.47. The Kier molecular flexibility index (Phi) is 6.02. The molecular formula is C9H24LiNOSi2. The van der Waals surface area contributed by atoms with Crippen molar-refractivity contribution in [1.82, 2.24) is 4.39 Å². The Bertz CT molecular complexity index is 184. The topological polar surface area (TPSA) is 26.3 Å². The van der Waals surface area contributed by atoms with Crippen molar-refractivity contribution in [3.63, 3.8) is 0 Å². The van der Waals surface area contributed by atoms with Crippen LogP contribution in [0.3, 0.4) is 0 Å². The van der Waals surface area contributed by atoms with Gasteiger partial charge < -0.3 is 9.60 Å². The maximum atomic E-state index is 12.2. The van der Waals surface area contributed by atoms with Crippen molar-refractivity contribution >= 4 is 16.5 Å². The smallest absolute Gasteiger partial charge is 0.798 e. The van der Waals surface area contributed by atoms with Gasteiger partial charge in [0.15, 0.2) is 0 Å². The van der Waals surface area contributed by atoms with Gasteiger partial charge in [-0.3, -0.25) is 0 Å². The van der Waals surface area contributed by atoms with Crippen molar-refractivity contribution < 1.29 is 18.9 Å². The van der Waals surface area contributed by atoms with Crippen LogP contribution in [-0.4, -0.2) is 20.9 Å². The van der Waals surface area contributed by atoms with E-state index in [4.69, 9.17) is 0 Å². The van der Waals surface area contributed by atoms with Crippen LogP contribution in [0, 0.1) is 5.21 Å². The minimum atomic E-state index is -1.80. The number of nitrogens with zero attached hydrogens (tertiary/aromatic N) is 1. The molecule has 0 unspecified atom stereocenters. The second-order valence-corrected chi connectivity index (χ2v) is 16.5. The molecule has 0 N–H and O–H groups in total. The Labute approximate surface area is 103 Å². The van der Waals surface area contributed by atoms with Crippen molar-refractivity contribution in [2.45, 2.75) is 58.5 Å². The molecule has 0 saturated carbocycles. The van der Waals surface area contributed by atoms with Gasteiger partial charge in [-0.05, 0) is 5.04 Å². The Morgan fingerprint density at radius 2 is 1.21 bits per heavy atom. The van der Waals surface area contributed by atoms with E-state index in [1.807, 2.05) is 0 Å². The van der Waals surface area contributed by atoms with E-state index >= 15 is 0 Å². The van der Waals surface area contributed by atoms with Crippen LogP contribution < -0.4 is 18.9 Å². The van der Waals surface area contributed by atoms with Gasteiger partial charge in [0.2, 0.25) is 0 Å². The molecule has 2 nitrogen and oxygen atoms in total. The normalized spacial score (nSPS) is 14.1. The van der Waals surface area contributed by atoms with Crippen LogP contribution in [-0.2, 0) is 0 Å². The summed E-state index contributed by atoms with van der Waals surface area (Å²) in [4.78, 5) is 0. The molecule has 0 bridgehead atoms. The Morgan fingerprint density at radius 1 is 0.929 bits per heavy atom. The molecule has 0 rings (SSSR count). The van der Waals surface area contributed by atoms with Gasteiger partial charge in [-0.2, -0.15) is 0 Å². The van der Waals surface area contributed by atoms with Gasteiger partial charge in [0.1, 0.15) is 8.24 Å². The fraction of sp³-hybridized carbons (Fsp3) is 1.00. The monoisotopic (exact) mass is 225 g/mol. The van der Waals surface area contributed by atoms with Crippen LogP contribution >= 0.6 is 0 Å². The second-order valence-electron chi connectivity index (χ2n) is 6.27. The van der Waals surface area contributed by atoms with Crippen molar-refractivity contribution in [2.24, 2.45) is 0 Å². The molecule has 14 heavy (non-hydrogen) atoms. The van der Waals surface area contributed by atoms with Gasteiger partial charge in [-0.15, -0.1) is 0 Å². The number of rotatable bonds is 2. The van der Waals surface area contributed by atoms with Gasteiger partial charge >= 0.3 is 18.9 Å². The van der Waals surface area contributed by atoms with E-state index in [2.05, 4.69) is 53.5 Å². The van der Waals surface area contributed by atoms with E-state index in [-0.39, 0.29) is 23.9 Å². The summed E-state index contributed by atoms with van der Waals surface area (Å²) in [6.45, 7) is 17.3. The van der Waals surface area contributed by atoms with Gasteiger partial charge in [0, 0.05) is 0 Å². The number of hydrogen-bond acceptors (Lipinski definition) is 2. The maximum absolute atomic E-state index is 12.2. The van der Waals surface area contributed by atoms with Crippen LogP contribution in [0.4, 0.5) is 0 Å². The molecule has 80 valence electrons. The summed E-state index contributed by atoms with van der Waals surface area (Å²) >= 11 is 0. The van der Waals surface area contributed by atoms with E-state index < -0.39 is 16.5 Å². The zero-order valence-corrected chi connectivity index (χ0v) is 13.4. The molecule has 0 spiro atoms. The summed E-state index contributed by atoms with van der Waals surface area (Å²) in [5.41, 5.74) is 0. The van der Waals surface area contributed by atoms with Crippen molar-refractivity contribution in [2.75, 3.05) is 0 Å². The molecule has 0 fully saturated rings. The molecule has 0 heterocycles. The molecule has 0 atom stereocenters. The van der Waals surface area contributed by atoms with E-state index in [1.165, 1.54) is 4.39 Å². The molecule has 0 aromatic heterocycles. The molecule has 0 saturated heterocycles. The second kappa shape index (κ2) is 4.86. The first-order valence-corrected chi connectivity index (χ1v) is 11.3. The summed E-state index contributed by atoms with van der Waals surface area (Å²) in [5.74, 6) is 0. The van der Waals surface area contributed by atoms with Crippen molar-refractivity contribution in [3.8, 4) is 0 Å². The van der Waals surface area contributed by atoms with Crippen LogP contribution in [0.2, 0.25) is 37.8 Å². The first-order chi connectivity index (χ1) is 5.40. The zero-order valence-electron chi connectivity index (χ0n) is 11.4. The third-order valence-corrected chi connectivity index (χ3v) is 12.5. The van der Waals surface area contributed by atoms with Gasteiger partial charge in [-0.25, -0.2) is 0 Å². The summed E-state index contributed by atoms with van der Waals surface area (Å²) in [6.07, 6.45) is 0. The van der Waals surface area contributed by atoms with E-state index in [0.717, 1.165) is 0 Å². The quantitative estimate of drug-likeness (QED) is 0.509. The number of hydrogen-bond donors (Lipinski definition) is 0. The average Bonchev–Trinajstić information content (AvgIpc) is 1.81. The predicted molar refractivity (Wildman–Crippen MR) is 65.7 cm³/mol. The Morgan fingerprint density at radius 3 is 1.29 bits per heavy atom. The zero-order chi connectivity index (χ0) is 11.1. The maximum Gasteiger partial charge on any atom is 1.00 e. The molecule has 5 heteroatoms. The molecular weight excluding hydrogens is 201 g/mol. The minimum absolute atomic E-state index is 0. The summed E-state index contributed by atoms with van der Waals surface area (Å²) in [5, 5.41) is 12.3. The van der Waals surface area contributed by atoms with Crippen LogP contribution in [0.15, 0.2) is 0 Å². The fourth-order valence-electron chi connectivity index (χ4n) is 1.14. The van der Waals surface area contributed by atoms with Gasteiger partial charge in [0.05, 0.1) is 8.24 Å². The van der Waals surface area contributed by atoms with Crippen molar-refractivity contribution in [1.29, 1.82) is 0 Å². The summed E-state index contributed by atoms with van der Waals surface area (Å²) < 4.78 is 1.49.